The van der Waals surface area contributed by atoms with Crippen LogP contribution in [0.2, 0.25) is 0 Å². The molecule has 0 spiro atoms. The van der Waals surface area contributed by atoms with E-state index in [9.17, 15) is 15.0 Å². The van der Waals surface area contributed by atoms with E-state index < -0.39 is 5.97 Å². The number of hydrogen-bond donors (Lipinski definition) is 3. The molecule has 0 aliphatic rings. The Morgan fingerprint density at radius 2 is 1.76 bits per heavy atom. The van der Waals surface area contributed by atoms with Crippen LogP contribution in [0.3, 0.4) is 0 Å². The maximum atomic E-state index is 11.0. The molecule has 5 nitrogen and oxygen atoms in total. The number of carboxylic acid groups (broad SMARTS) is 1. The molecule has 128 valence electrons. The van der Waals surface area contributed by atoms with Crippen LogP contribution in [0.25, 0.3) is 16.9 Å². The van der Waals surface area contributed by atoms with Gasteiger partial charge in [0.15, 0.2) is 0 Å². The number of carbonyl (C=O) groups is 1. The molecule has 0 saturated carbocycles. The lowest BCUT2D eigenvalue weighted by Gasteiger charge is -2.15. The standard InChI is InChI=1S/C20H19NO4/c22-13-15-12-17(7-10-19(15)23)21-16(8-11-20(24)25)6-9-18(21)14-4-2-1-3-5-14/h1-7,9-10,12,22-23H,8,11,13H2,(H,24,25). The number of aliphatic hydroxyl groups excluding tert-OH is 1. The Morgan fingerprint density at radius 1 is 1.00 bits per heavy atom. The smallest absolute Gasteiger partial charge is 0.303 e. The lowest BCUT2D eigenvalue weighted by molar-refractivity contribution is -0.136. The summed E-state index contributed by atoms with van der Waals surface area (Å²) in [6, 6.07) is 18.7. The Morgan fingerprint density at radius 3 is 2.44 bits per heavy atom. The largest absolute Gasteiger partial charge is 0.508 e. The van der Waals surface area contributed by atoms with E-state index in [1.54, 1.807) is 12.1 Å². The van der Waals surface area contributed by atoms with Crippen LogP contribution in [0, 0.1) is 0 Å². The molecule has 0 aliphatic carbocycles. The van der Waals surface area contributed by atoms with Crippen molar-refractivity contribution in [2.45, 2.75) is 19.4 Å². The predicted molar refractivity (Wildman–Crippen MR) is 94.7 cm³/mol. The van der Waals surface area contributed by atoms with Crippen molar-refractivity contribution < 1.29 is 20.1 Å². The van der Waals surface area contributed by atoms with Crippen LogP contribution in [0.5, 0.6) is 5.75 Å². The molecule has 3 N–H and O–H groups in total. The Bertz CT molecular complexity index is 884. The number of phenols is 1. The van der Waals surface area contributed by atoms with Crippen LogP contribution >= 0.6 is 0 Å². The first-order valence-electron chi connectivity index (χ1n) is 8.01. The molecular formula is C20H19NO4. The molecule has 0 aliphatic heterocycles. The van der Waals surface area contributed by atoms with Crippen LogP contribution in [0.15, 0.2) is 60.7 Å². The van der Waals surface area contributed by atoms with Gasteiger partial charge in [-0.3, -0.25) is 4.79 Å². The van der Waals surface area contributed by atoms with Crippen molar-refractivity contribution >= 4 is 5.97 Å². The van der Waals surface area contributed by atoms with Crippen LogP contribution in [0.4, 0.5) is 0 Å². The molecule has 1 heterocycles. The SMILES string of the molecule is O=C(O)CCc1ccc(-c2ccccc2)n1-c1ccc(O)c(CO)c1. The Hall–Kier alpha value is -3.05. The summed E-state index contributed by atoms with van der Waals surface area (Å²) < 4.78 is 1.97. The van der Waals surface area contributed by atoms with Gasteiger partial charge in [-0.25, -0.2) is 0 Å². The number of aliphatic carboxylic acids is 1. The van der Waals surface area contributed by atoms with Gasteiger partial charge in [0.2, 0.25) is 0 Å². The van der Waals surface area contributed by atoms with E-state index in [2.05, 4.69) is 0 Å². The molecule has 3 rings (SSSR count). The first-order chi connectivity index (χ1) is 12.1. The molecule has 3 aromatic rings. The summed E-state index contributed by atoms with van der Waals surface area (Å²) in [7, 11) is 0. The van der Waals surface area contributed by atoms with Gasteiger partial charge in [-0.2, -0.15) is 0 Å². The third-order valence-electron chi connectivity index (χ3n) is 4.12. The molecule has 0 radical (unpaired) electrons. The van der Waals surface area contributed by atoms with Gasteiger partial charge < -0.3 is 19.9 Å². The van der Waals surface area contributed by atoms with Crippen molar-refractivity contribution in [3.63, 3.8) is 0 Å². The summed E-state index contributed by atoms with van der Waals surface area (Å²) in [5.74, 6) is -0.817. The third-order valence-corrected chi connectivity index (χ3v) is 4.12. The molecule has 25 heavy (non-hydrogen) atoms. The number of rotatable bonds is 6. The zero-order valence-electron chi connectivity index (χ0n) is 13.6. The number of carboxylic acids is 1. The highest BCUT2D eigenvalue weighted by molar-refractivity contribution is 5.68. The van der Waals surface area contributed by atoms with E-state index in [1.807, 2.05) is 47.0 Å². The quantitative estimate of drug-likeness (QED) is 0.644. The van der Waals surface area contributed by atoms with Crippen molar-refractivity contribution in [2.75, 3.05) is 0 Å². The van der Waals surface area contributed by atoms with Gasteiger partial charge >= 0.3 is 5.97 Å². The second-order valence-electron chi connectivity index (χ2n) is 5.78. The average Bonchev–Trinajstić information content (AvgIpc) is 3.05. The van der Waals surface area contributed by atoms with E-state index in [4.69, 9.17) is 5.11 Å². The highest BCUT2D eigenvalue weighted by Gasteiger charge is 2.14. The fourth-order valence-corrected chi connectivity index (χ4v) is 2.89. The molecule has 0 bridgehead atoms. The minimum atomic E-state index is -0.851. The van der Waals surface area contributed by atoms with Crippen molar-refractivity contribution in [1.29, 1.82) is 0 Å². The number of benzene rings is 2. The maximum Gasteiger partial charge on any atom is 0.303 e. The Balaban J connectivity index is 2.14. The second-order valence-corrected chi connectivity index (χ2v) is 5.78. The van der Waals surface area contributed by atoms with E-state index in [-0.39, 0.29) is 18.8 Å². The van der Waals surface area contributed by atoms with Crippen molar-refractivity contribution in [3.8, 4) is 22.7 Å². The summed E-state index contributed by atoms with van der Waals surface area (Å²) in [6.07, 6.45) is 0.417. The molecule has 2 aromatic carbocycles. The third kappa shape index (κ3) is 3.56. The van der Waals surface area contributed by atoms with Gasteiger partial charge in [0, 0.05) is 16.9 Å². The summed E-state index contributed by atoms with van der Waals surface area (Å²) in [6.45, 7) is -0.272. The minimum absolute atomic E-state index is 0.0309. The van der Waals surface area contributed by atoms with Crippen molar-refractivity contribution in [1.82, 2.24) is 4.57 Å². The average molecular weight is 337 g/mol. The number of aromatic hydroxyl groups is 1. The zero-order chi connectivity index (χ0) is 17.8. The molecule has 5 heteroatoms. The fourth-order valence-electron chi connectivity index (χ4n) is 2.89. The summed E-state index contributed by atoms with van der Waals surface area (Å²) >= 11 is 0. The van der Waals surface area contributed by atoms with Gasteiger partial charge in [-0.1, -0.05) is 30.3 Å². The van der Waals surface area contributed by atoms with Gasteiger partial charge in [-0.15, -0.1) is 0 Å². The predicted octanol–water partition coefficient (Wildman–Crippen LogP) is 3.36. The zero-order valence-corrected chi connectivity index (χ0v) is 13.6. The second kappa shape index (κ2) is 7.23. The monoisotopic (exact) mass is 337 g/mol. The van der Waals surface area contributed by atoms with Gasteiger partial charge in [-0.05, 0) is 42.3 Å². The van der Waals surface area contributed by atoms with Crippen LogP contribution in [0.1, 0.15) is 17.7 Å². The molecular weight excluding hydrogens is 318 g/mol. The fraction of sp³-hybridized carbons (Fsp3) is 0.150. The Kier molecular flexibility index (Phi) is 4.86. The minimum Gasteiger partial charge on any atom is -0.508 e. The Labute approximate surface area is 145 Å². The number of hydrogen-bond acceptors (Lipinski definition) is 3. The number of aryl methyl sites for hydroxylation is 1. The highest BCUT2D eigenvalue weighted by Crippen LogP contribution is 2.29. The van der Waals surface area contributed by atoms with E-state index in [0.29, 0.717) is 12.0 Å². The molecule has 1 aromatic heterocycles. The molecule has 0 saturated heterocycles. The molecule has 0 unspecified atom stereocenters. The van der Waals surface area contributed by atoms with Crippen LogP contribution in [-0.2, 0) is 17.8 Å². The van der Waals surface area contributed by atoms with Crippen LogP contribution < -0.4 is 0 Å². The van der Waals surface area contributed by atoms with Gasteiger partial charge in [0.25, 0.3) is 0 Å². The van der Waals surface area contributed by atoms with Crippen molar-refractivity contribution in [3.05, 3.63) is 71.9 Å². The lowest BCUT2D eigenvalue weighted by Crippen LogP contribution is -2.06. The first kappa shape index (κ1) is 16.8. The lowest BCUT2D eigenvalue weighted by atomic mass is 10.1. The number of nitrogens with zero attached hydrogens (tertiary/aromatic N) is 1. The summed E-state index contributed by atoms with van der Waals surface area (Å²) in [5, 5.41) is 28.2. The molecule has 0 amide bonds. The molecule has 0 atom stereocenters. The number of aliphatic hydroxyl groups is 1. The van der Waals surface area contributed by atoms with Crippen LogP contribution in [-0.4, -0.2) is 25.9 Å². The van der Waals surface area contributed by atoms with E-state index in [0.717, 1.165) is 22.6 Å². The maximum absolute atomic E-state index is 11.0. The van der Waals surface area contributed by atoms with E-state index >= 15 is 0 Å². The summed E-state index contributed by atoms with van der Waals surface area (Å²) in [5.41, 5.74) is 3.98. The van der Waals surface area contributed by atoms with E-state index in [1.165, 1.54) is 6.07 Å². The first-order valence-corrected chi connectivity index (χ1v) is 8.01. The highest BCUT2D eigenvalue weighted by atomic mass is 16.4. The normalized spacial score (nSPS) is 10.8. The topological polar surface area (TPSA) is 82.7 Å². The van der Waals surface area contributed by atoms with Gasteiger partial charge in [0.1, 0.15) is 5.75 Å². The number of aromatic nitrogens is 1. The van der Waals surface area contributed by atoms with Crippen molar-refractivity contribution in [2.24, 2.45) is 0 Å². The summed E-state index contributed by atoms with van der Waals surface area (Å²) in [4.78, 5) is 11.0. The van der Waals surface area contributed by atoms with Gasteiger partial charge in [0.05, 0.1) is 18.7 Å². The molecule has 0 fully saturated rings.